The van der Waals surface area contributed by atoms with Crippen LogP contribution in [0.4, 0.5) is 42.0 Å². The van der Waals surface area contributed by atoms with Crippen molar-refractivity contribution in [3.8, 4) is 23.2 Å². The van der Waals surface area contributed by atoms with Gasteiger partial charge in [0.2, 0.25) is 0 Å². The molecule has 2 aromatic carbocycles. The second-order valence-corrected chi connectivity index (χ2v) is 16.2. The van der Waals surface area contributed by atoms with Gasteiger partial charge in [-0.05, 0) is 76.6 Å². The highest BCUT2D eigenvalue weighted by Gasteiger charge is 2.49. The van der Waals surface area contributed by atoms with Gasteiger partial charge in [-0.15, -0.1) is 11.3 Å². The molecule has 5 heterocycles. The third kappa shape index (κ3) is 6.99. The number of thiophene rings is 1. The van der Waals surface area contributed by atoms with Crippen molar-refractivity contribution < 1.29 is 45.7 Å². The summed E-state index contributed by atoms with van der Waals surface area (Å²) in [5.41, 5.74) is -5.30. The molecular formula is C37H38F6N6O4S. The maximum Gasteiger partial charge on any atom is 0.417 e. The van der Waals surface area contributed by atoms with Gasteiger partial charge >= 0.3 is 18.3 Å². The number of piperidine rings is 1. The Balaban J connectivity index is 1.42. The normalized spacial score (nSPS) is 21.1. The molecule has 0 bridgehead atoms. The zero-order valence-electron chi connectivity index (χ0n) is 29.7. The third-order valence-electron chi connectivity index (χ3n) is 10.4. The fourth-order valence-electron chi connectivity index (χ4n) is 7.93. The van der Waals surface area contributed by atoms with Crippen molar-refractivity contribution in [3.05, 3.63) is 41.0 Å². The van der Waals surface area contributed by atoms with Crippen LogP contribution in [0.2, 0.25) is 0 Å². The van der Waals surface area contributed by atoms with Crippen molar-refractivity contribution in [3.63, 3.8) is 0 Å². The summed E-state index contributed by atoms with van der Waals surface area (Å²) in [6.45, 7) is 6.24. The molecule has 2 atom stereocenters. The molecule has 3 saturated heterocycles. The highest BCUT2D eigenvalue weighted by molar-refractivity contribution is 7.23. The Labute approximate surface area is 310 Å². The number of hydrogen-bond acceptors (Lipinski definition) is 10. The van der Waals surface area contributed by atoms with E-state index in [0.29, 0.717) is 50.2 Å². The molecule has 2 N–H and O–H groups in total. The van der Waals surface area contributed by atoms with Crippen molar-refractivity contribution in [2.45, 2.75) is 76.4 Å². The van der Waals surface area contributed by atoms with E-state index in [1.165, 1.54) is 0 Å². The number of halogens is 6. The zero-order valence-corrected chi connectivity index (χ0v) is 30.6. The summed E-state index contributed by atoms with van der Waals surface area (Å²) in [6, 6.07) is 4.11. The number of aromatic nitrogens is 2. The van der Waals surface area contributed by atoms with Crippen LogP contribution in [0.25, 0.3) is 32.1 Å². The van der Waals surface area contributed by atoms with Gasteiger partial charge in [-0.25, -0.2) is 18.0 Å². The number of anilines is 2. The average Bonchev–Trinajstić information content (AvgIpc) is 3.76. The number of nitrogens with one attached hydrogen (secondary N) is 1. The molecule has 4 aromatic rings. The van der Waals surface area contributed by atoms with E-state index in [1.807, 2.05) is 11.0 Å². The van der Waals surface area contributed by atoms with E-state index >= 15 is 22.0 Å². The quantitative estimate of drug-likeness (QED) is 0.179. The predicted octanol–water partition coefficient (Wildman–Crippen LogP) is 8.19. The van der Waals surface area contributed by atoms with E-state index in [-0.39, 0.29) is 70.0 Å². The Morgan fingerprint density at radius 3 is 2.57 bits per heavy atom. The van der Waals surface area contributed by atoms with Crippen LogP contribution in [0, 0.1) is 28.9 Å². The molecule has 288 valence electrons. The molecule has 3 fully saturated rings. The van der Waals surface area contributed by atoms with Gasteiger partial charge in [0.1, 0.15) is 46.6 Å². The molecule has 0 unspecified atom stereocenters. The van der Waals surface area contributed by atoms with Crippen molar-refractivity contribution in [1.29, 1.82) is 5.26 Å². The number of fused-ring (bicyclic) bond motifs is 3. The summed E-state index contributed by atoms with van der Waals surface area (Å²) >= 11 is 0.599. The molecule has 0 saturated carbocycles. The molecule has 0 spiro atoms. The van der Waals surface area contributed by atoms with Gasteiger partial charge in [0, 0.05) is 49.0 Å². The number of nitrogens with zero attached hydrogens (tertiary/aromatic N) is 5. The maximum atomic E-state index is 17.2. The summed E-state index contributed by atoms with van der Waals surface area (Å²) in [6.07, 6.45) is -4.48. The van der Waals surface area contributed by atoms with Crippen LogP contribution in [0.5, 0.6) is 6.01 Å². The van der Waals surface area contributed by atoms with Gasteiger partial charge in [-0.1, -0.05) is 6.07 Å². The van der Waals surface area contributed by atoms with E-state index in [2.05, 4.69) is 15.3 Å². The fraction of sp³-hybridized carbons (Fsp3) is 0.514. The predicted molar refractivity (Wildman–Crippen MR) is 190 cm³/mol. The first kappa shape index (κ1) is 37.9. The van der Waals surface area contributed by atoms with Crippen LogP contribution in [-0.4, -0.2) is 82.8 Å². The van der Waals surface area contributed by atoms with Crippen LogP contribution >= 0.6 is 11.3 Å². The Hall–Kier alpha value is -4.40. The first-order valence-electron chi connectivity index (χ1n) is 17.7. The highest BCUT2D eigenvalue weighted by atomic mass is 32.1. The number of carbonyl (C=O) groups excluding carboxylic acids is 1. The topological polar surface area (TPSA) is 124 Å². The van der Waals surface area contributed by atoms with E-state index in [1.54, 1.807) is 25.7 Å². The molecule has 2 aromatic heterocycles. The highest BCUT2D eigenvalue weighted by Crippen LogP contribution is 2.49. The van der Waals surface area contributed by atoms with E-state index in [0.717, 1.165) is 24.6 Å². The van der Waals surface area contributed by atoms with Crippen molar-refractivity contribution in [1.82, 2.24) is 14.9 Å². The van der Waals surface area contributed by atoms with Gasteiger partial charge < -0.3 is 19.5 Å². The lowest BCUT2D eigenvalue weighted by Gasteiger charge is -2.33. The molecule has 0 aliphatic carbocycles. The lowest BCUT2D eigenvalue weighted by atomic mass is 9.92. The Bertz CT molecular complexity index is 2160. The van der Waals surface area contributed by atoms with Crippen LogP contribution in [-0.2, 0) is 10.9 Å². The monoisotopic (exact) mass is 776 g/mol. The Morgan fingerprint density at radius 1 is 1.17 bits per heavy atom. The molecule has 10 nitrogen and oxygen atoms in total. The molecule has 17 heteroatoms. The van der Waals surface area contributed by atoms with Gasteiger partial charge in [0.05, 0.1) is 21.4 Å². The molecule has 1 amide bonds. The van der Waals surface area contributed by atoms with Crippen molar-refractivity contribution in [2.75, 3.05) is 49.6 Å². The summed E-state index contributed by atoms with van der Waals surface area (Å²) in [7, 11) is 0. The third-order valence-corrected chi connectivity index (χ3v) is 11.5. The summed E-state index contributed by atoms with van der Waals surface area (Å²) in [5, 5.41) is 21.5. The van der Waals surface area contributed by atoms with Crippen molar-refractivity contribution in [2.24, 2.45) is 5.92 Å². The number of nitriles is 1. The van der Waals surface area contributed by atoms with E-state index in [9.17, 15) is 19.6 Å². The average molecular weight is 777 g/mol. The maximum absolute atomic E-state index is 17.2. The first-order valence-corrected chi connectivity index (χ1v) is 18.5. The second-order valence-electron chi connectivity index (χ2n) is 15.2. The first-order chi connectivity index (χ1) is 25.5. The number of alkyl halides is 4. The summed E-state index contributed by atoms with van der Waals surface area (Å²) < 4.78 is 104. The fourth-order valence-corrected chi connectivity index (χ4v) is 9.00. The molecule has 3 aliphatic rings. The molecule has 0 radical (unpaired) electrons. The number of ether oxygens (including phenoxy) is 2. The SMILES string of the molecule is CC(C)(C)OC(=O)Nc1sc2c(F)ccc(-c3c(C(F)(F)F)cc4c(N5CCC(CO)CC5)nc(OC[C@@]56CCCN5C[C@H](F)C6)nc4c3F)c2c1C#N. The van der Waals surface area contributed by atoms with Gasteiger partial charge in [-0.2, -0.15) is 28.4 Å². The molecule has 54 heavy (non-hydrogen) atoms. The second kappa shape index (κ2) is 14.0. The molecular weight excluding hydrogens is 738 g/mol. The number of hydrogen-bond donors (Lipinski definition) is 2. The Morgan fingerprint density at radius 2 is 1.91 bits per heavy atom. The van der Waals surface area contributed by atoms with E-state index < -0.39 is 63.4 Å². The van der Waals surface area contributed by atoms with Crippen LogP contribution in [0.1, 0.15) is 64.0 Å². The number of aliphatic hydroxyl groups excluding tert-OH is 1. The number of rotatable bonds is 7. The summed E-state index contributed by atoms with van der Waals surface area (Å²) in [5.74, 6) is -2.34. The lowest BCUT2D eigenvalue weighted by molar-refractivity contribution is -0.137. The minimum Gasteiger partial charge on any atom is -0.461 e. The number of carbonyl (C=O) groups is 1. The largest absolute Gasteiger partial charge is 0.461 e. The molecule has 7 rings (SSSR count). The zero-order chi connectivity index (χ0) is 38.7. The number of amides is 1. The minimum absolute atomic E-state index is 0.000690. The smallest absolute Gasteiger partial charge is 0.417 e. The van der Waals surface area contributed by atoms with E-state index in [4.69, 9.17) is 9.47 Å². The van der Waals surface area contributed by atoms with Crippen molar-refractivity contribution >= 4 is 49.2 Å². The standard InChI is InChI=1S/C37H38F6N6O4S/c1-35(2,3)53-34(51)47-32-23(15-44)26-21(5-6-25(39)30(26)54-32)27-24(37(41,42)43)13-22-29(28(27)40)45-33(46-31(22)48-11-7-19(17-50)8-12-48)52-18-36-9-4-10-49(36)16-20(38)14-36/h5-6,13,19-20,50H,4,7-12,14,16-18H2,1-3H3,(H,47,51)/t20-,36+/m1/s1. The Kier molecular flexibility index (Phi) is 9.84. The molecule has 3 aliphatic heterocycles. The van der Waals surface area contributed by atoms with Crippen LogP contribution < -0.4 is 15.0 Å². The number of aliphatic hydroxyl groups is 1. The van der Waals surface area contributed by atoms with Gasteiger partial charge in [0.25, 0.3) is 0 Å². The van der Waals surface area contributed by atoms with Crippen LogP contribution in [0.15, 0.2) is 18.2 Å². The lowest BCUT2D eigenvalue weighted by Crippen LogP contribution is -2.43. The summed E-state index contributed by atoms with van der Waals surface area (Å²) in [4.78, 5) is 25.2. The minimum atomic E-state index is -5.15. The van der Waals surface area contributed by atoms with Gasteiger partial charge in [-0.3, -0.25) is 10.2 Å². The van der Waals surface area contributed by atoms with Crippen LogP contribution in [0.3, 0.4) is 0 Å². The number of benzene rings is 2. The van der Waals surface area contributed by atoms with Gasteiger partial charge in [0.15, 0.2) is 5.82 Å².